The maximum atomic E-state index is 4.76. The van der Waals surface area contributed by atoms with E-state index >= 15 is 0 Å². The number of aryl methyl sites for hydroxylation is 4. The quantitative estimate of drug-likeness (QED) is 0.606. The van der Waals surface area contributed by atoms with E-state index in [4.69, 9.17) is 10.1 Å². The lowest BCUT2D eigenvalue weighted by molar-refractivity contribution is 0.756. The SMILES string of the molecule is Cc1nn(C)cc1Cc1nc(-c2cn[nH]c2C)nn1-c1cnn(C)c1. The number of aromatic amines is 1. The summed E-state index contributed by atoms with van der Waals surface area (Å²) < 4.78 is 5.40. The molecule has 4 heterocycles. The average molecular weight is 337 g/mol. The molecule has 0 saturated carbocycles. The number of nitrogens with one attached hydrogen (secondary N) is 1. The highest BCUT2D eigenvalue weighted by atomic mass is 15.4. The van der Waals surface area contributed by atoms with E-state index in [0.717, 1.165) is 34.0 Å². The van der Waals surface area contributed by atoms with Gasteiger partial charge in [-0.2, -0.15) is 15.3 Å². The Morgan fingerprint density at radius 1 is 1.04 bits per heavy atom. The van der Waals surface area contributed by atoms with Crippen LogP contribution in [-0.4, -0.2) is 44.5 Å². The molecule has 0 aliphatic rings. The summed E-state index contributed by atoms with van der Waals surface area (Å²) in [6, 6.07) is 0. The number of rotatable bonds is 4. The van der Waals surface area contributed by atoms with Gasteiger partial charge in [0.1, 0.15) is 11.5 Å². The van der Waals surface area contributed by atoms with E-state index in [1.165, 1.54) is 0 Å². The van der Waals surface area contributed by atoms with Crippen molar-refractivity contribution in [1.29, 1.82) is 0 Å². The summed E-state index contributed by atoms with van der Waals surface area (Å²) >= 11 is 0. The van der Waals surface area contributed by atoms with Crippen molar-refractivity contribution in [3.05, 3.63) is 47.6 Å². The molecule has 0 unspecified atom stereocenters. The summed E-state index contributed by atoms with van der Waals surface area (Å²) in [6.07, 6.45) is 8.09. The van der Waals surface area contributed by atoms with Crippen LogP contribution in [0, 0.1) is 13.8 Å². The first-order chi connectivity index (χ1) is 12.0. The fraction of sp³-hybridized carbons (Fsp3) is 0.312. The molecule has 4 rings (SSSR count). The molecule has 9 nitrogen and oxygen atoms in total. The first kappa shape index (κ1) is 15.3. The van der Waals surface area contributed by atoms with Crippen molar-refractivity contribution in [1.82, 2.24) is 44.5 Å². The molecule has 0 bridgehead atoms. The van der Waals surface area contributed by atoms with Gasteiger partial charge in [-0.1, -0.05) is 0 Å². The van der Waals surface area contributed by atoms with Gasteiger partial charge < -0.3 is 0 Å². The predicted octanol–water partition coefficient (Wildman–Crippen LogP) is 1.33. The van der Waals surface area contributed by atoms with Crippen LogP contribution in [0.2, 0.25) is 0 Å². The second-order valence-corrected chi connectivity index (χ2v) is 6.13. The average Bonchev–Trinajstić information content (AvgIpc) is 3.30. The summed E-state index contributed by atoms with van der Waals surface area (Å²) in [7, 11) is 3.80. The van der Waals surface area contributed by atoms with Gasteiger partial charge in [0.2, 0.25) is 0 Å². The number of hydrogen-bond donors (Lipinski definition) is 1. The van der Waals surface area contributed by atoms with Crippen LogP contribution in [0.1, 0.15) is 22.8 Å². The van der Waals surface area contributed by atoms with Gasteiger partial charge >= 0.3 is 0 Å². The molecule has 0 saturated heterocycles. The summed E-state index contributed by atoms with van der Waals surface area (Å²) in [4.78, 5) is 4.76. The standard InChI is InChI=1S/C16H19N9/c1-10-12(8-24(4)21-10)5-15-19-16(14-7-17-20-11(14)2)22-25(15)13-6-18-23(3)9-13/h6-9H,5H2,1-4H3,(H,17,20). The van der Waals surface area contributed by atoms with Crippen LogP contribution < -0.4 is 0 Å². The van der Waals surface area contributed by atoms with E-state index in [2.05, 4.69) is 20.4 Å². The van der Waals surface area contributed by atoms with E-state index in [1.54, 1.807) is 17.1 Å². The molecule has 9 heteroatoms. The van der Waals surface area contributed by atoms with Gasteiger partial charge in [-0.25, -0.2) is 9.67 Å². The molecule has 0 aliphatic carbocycles. The zero-order chi connectivity index (χ0) is 17.6. The lowest BCUT2D eigenvalue weighted by atomic mass is 10.2. The van der Waals surface area contributed by atoms with E-state index in [1.807, 2.05) is 49.7 Å². The Labute approximate surface area is 144 Å². The summed E-state index contributed by atoms with van der Waals surface area (Å²) in [5.41, 5.74) is 4.82. The minimum absolute atomic E-state index is 0.637. The number of nitrogens with zero attached hydrogens (tertiary/aromatic N) is 8. The topological polar surface area (TPSA) is 95.0 Å². The Bertz CT molecular complexity index is 1030. The molecule has 0 aromatic carbocycles. The first-order valence-electron chi connectivity index (χ1n) is 7.95. The van der Waals surface area contributed by atoms with Crippen molar-refractivity contribution in [3.8, 4) is 17.1 Å². The Morgan fingerprint density at radius 2 is 1.88 bits per heavy atom. The minimum Gasteiger partial charge on any atom is -0.282 e. The van der Waals surface area contributed by atoms with E-state index in [0.29, 0.717) is 12.2 Å². The Kier molecular flexibility index (Phi) is 3.48. The molecule has 0 aliphatic heterocycles. The minimum atomic E-state index is 0.637. The molecule has 0 fully saturated rings. The molecule has 0 amide bonds. The van der Waals surface area contributed by atoms with Crippen LogP contribution in [0.5, 0.6) is 0 Å². The summed E-state index contributed by atoms with van der Waals surface area (Å²) in [5, 5.41) is 20.4. The highest BCUT2D eigenvalue weighted by molar-refractivity contribution is 5.56. The van der Waals surface area contributed by atoms with Gasteiger partial charge in [-0.3, -0.25) is 14.5 Å². The lowest BCUT2D eigenvalue weighted by Crippen LogP contribution is -2.03. The second-order valence-electron chi connectivity index (χ2n) is 6.13. The second kappa shape index (κ2) is 5.69. The Balaban J connectivity index is 1.82. The van der Waals surface area contributed by atoms with Crippen LogP contribution in [-0.2, 0) is 20.5 Å². The normalized spacial score (nSPS) is 11.4. The smallest absolute Gasteiger partial charge is 0.185 e. The number of aromatic nitrogens is 9. The van der Waals surface area contributed by atoms with Crippen LogP contribution in [0.25, 0.3) is 17.1 Å². The molecule has 0 atom stereocenters. The zero-order valence-electron chi connectivity index (χ0n) is 14.6. The van der Waals surface area contributed by atoms with Gasteiger partial charge in [0.25, 0.3) is 0 Å². The van der Waals surface area contributed by atoms with Gasteiger partial charge in [0, 0.05) is 38.0 Å². The molecule has 4 aromatic rings. The number of hydrogen-bond acceptors (Lipinski definition) is 5. The van der Waals surface area contributed by atoms with Crippen molar-refractivity contribution in [2.75, 3.05) is 0 Å². The van der Waals surface area contributed by atoms with Crippen LogP contribution in [0.4, 0.5) is 0 Å². The molecule has 0 radical (unpaired) electrons. The number of H-pyrrole nitrogens is 1. The van der Waals surface area contributed by atoms with Crippen LogP contribution >= 0.6 is 0 Å². The van der Waals surface area contributed by atoms with Gasteiger partial charge in [0.15, 0.2) is 5.82 Å². The third kappa shape index (κ3) is 2.73. The molecule has 1 N–H and O–H groups in total. The molecule has 0 spiro atoms. The third-order valence-electron chi connectivity index (χ3n) is 4.14. The Hall–Kier alpha value is -3.23. The van der Waals surface area contributed by atoms with E-state index in [-0.39, 0.29) is 0 Å². The third-order valence-corrected chi connectivity index (χ3v) is 4.14. The molecule has 4 aromatic heterocycles. The Morgan fingerprint density at radius 3 is 2.48 bits per heavy atom. The van der Waals surface area contributed by atoms with Gasteiger partial charge in [0.05, 0.1) is 29.8 Å². The summed E-state index contributed by atoms with van der Waals surface area (Å²) in [6.45, 7) is 3.96. The highest BCUT2D eigenvalue weighted by Crippen LogP contribution is 2.22. The van der Waals surface area contributed by atoms with Crippen molar-refractivity contribution >= 4 is 0 Å². The van der Waals surface area contributed by atoms with Crippen molar-refractivity contribution < 1.29 is 0 Å². The van der Waals surface area contributed by atoms with Crippen molar-refractivity contribution in [2.24, 2.45) is 14.1 Å². The maximum Gasteiger partial charge on any atom is 0.185 e. The fourth-order valence-electron chi connectivity index (χ4n) is 2.87. The largest absolute Gasteiger partial charge is 0.282 e. The van der Waals surface area contributed by atoms with Crippen molar-refractivity contribution in [3.63, 3.8) is 0 Å². The van der Waals surface area contributed by atoms with E-state index < -0.39 is 0 Å². The van der Waals surface area contributed by atoms with E-state index in [9.17, 15) is 0 Å². The first-order valence-corrected chi connectivity index (χ1v) is 7.95. The lowest BCUT2D eigenvalue weighted by Gasteiger charge is -2.02. The monoisotopic (exact) mass is 337 g/mol. The predicted molar refractivity (Wildman–Crippen MR) is 91.2 cm³/mol. The van der Waals surface area contributed by atoms with Crippen LogP contribution in [0.15, 0.2) is 24.8 Å². The maximum absolute atomic E-state index is 4.76. The highest BCUT2D eigenvalue weighted by Gasteiger charge is 2.18. The van der Waals surface area contributed by atoms with Gasteiger partial charge in [-0.05, 0) is 13.8 Å². The zero-order valence-corrected chi connectivity index (χ0v) is 14.6. The molecule has 128 valence electrons. The fourth-order valence-corrected chi connectivity index (χ4v) is 2.87. The molecular formula is C16H19N9. The molecule has 25 heavy (non-hydrogen) atoms. The molecular weight excluding hydrogens is 318 g/mol. The van der Waals surface area contributed by atoms with Crippen molar-refractivity contribution in [2.45, 2.75) is 20.3 Å². The van der Waals surface area contributed by atoms with Crippen LogP contribution in [0.3, 0.4) is 0 Å². The summed E-state index contributed by atoms with van der Waals surface area (Å²) in [5.74, 6) is 1.48. The van der Waals surface area contributed by atoms with Gasteiger partial charge in [-0.15, -0.1) is 5.10 Å².